The molecule has 402 valence electrons. The largest absolute Gasteiger partial charge is 1.00 e. The fraction of sp³-hybridized carbons (Fsp3) is 0.0465. The van der Waals surface area contributed by atoms with E-state index in [1.807, 2.05) is 0 Å². The number of aromatic nitrogens is 3. The SMILES string of the molecule is COc1ccc(S(=O)(=O)[O-])cc1N=Nc1c(S(=O)(=O)[O-])cc2c(S(=O)(=O)O)c(N=c3[nH]c(Nc4ccc5c(OS(=O)(=O)c6ccc(C)cc6)cc(S(=O)(=O)[O-])cc5c4)nc(=Nc4cccc(S(=O)(=O)[O-])c4)[nH]3)ccc2c1[O-].[Na+].[Na+].[Na+].[Na+].[Na+]. The minimum atomic E-state index is -5.83. The first-order valence-electron chi connectivity index (χ1n) is 20.8. The molecule has 0 aliphatic carbocycles. The topological polar surface area (TPSA) is 465 Å². The maximum absolute atomic E-state index is 13.9. The van der Waals surface area contributed by atoms with Crippen molar-refractivity contribution >= 4 is 117 Å². The molecular formula is C43H29N8Na5O20S6. The Balaban J connectivity index is 0.00000353. The molecule has 0 amide bonds. The zero-order valence-electron chi connectivity index (χ0n) is 43.4. The molecule has 0 saturated heterocycles. The number of benzene rings is 7. The summed E-state index contributed by atoms with van der Waals surface area (Å²) in [5.41, 5.74) is -3.24. The van der Waals surface area contributed by atoms with Crippen molar-refractivity contribution in [2.45, 2.75) is 36.3 Å². The summed E-state index contributed by atoms with van der Waals surface area (Å²) in [6, 6.07) is 19.5. The van der Waals surface area contributed by atoms with Crippen LogP contribution in [0.1, 0.15) is 5.56 Å². The molecule has 0 atom stereocenters. The summed E-state index contributed by atoms with van der Waals surface area (Å²) in [5.74, 6) is -2.71. The van der Waals surface area contributed by atoms with Gasteiger partial charge >= 0.3 is 158 Å². The third-order valence-electron chi connectivity index (χ3n) is 10.6. The van der Waals surface area contributed by atoms with Gasteiger partial charge in [-0.05, 0) is 103 Å². The molecule has 28 nitrogen and oxygen atoms in total. The maximum atomic E-state index is 13.9. The standard InChI is InChI=1S/C43H34N8O20S6.5Na/c1-22-6-9-26(10-7-22)77(68,69)71-36-20-29(74(59,60)61)17-23-16-25(8-12-30(23)36)45-42-47-41(44-24-4-3-5-27(18-24)72(53,54)55)48-43(49-42)46-33-14-13-31-32(40(33)76(65,66)67)21-37(75(62,63)64)38(39(31)52)51-50-34-19-28(73(56,57)58)11-15-35(34)70-2;;;;;/h3-21,52H,1-2H3,(H,53,54,55)(H,56,57,58)(H,59,60,61)(H,62,63,64)(H,65,66,67)(H3,44,45,46,47,48,49);;;;;/q;5*+1/p-5. The number of nitrogens with zero attached hydrogens (tertiary/aromatic N) is 5. The van der Waals surface area contributed by atoms with Gasteiger partial charge in [-0.3, -0.25) is 14.5 Å². The number of fused-ring (bicyclic) bond motifs is 2. The zero-order valence-corrected chi connectivity index (χ0v) is 58.3. The number of anilines is 2. The molecule has 1 aromatic heterocycles. The van der Waals surface area contributed by atoms with E-state index in [9.17, 15) is 78.4 Å². The van der Waals surface area contributed by atoms with Crippen LogP contribution in [-0.4, -0.2) is 95.3 Å². The number of aromatic amines is 2. The van der Waals surface area contributed by atoms with Gasteiger partial charge < -0.3 is 37.6 Å². The van der Waals surface area contributed by atoms with Crippen molar-refractivity contribution in [3.8, 4) is 17.2 Å². The third kappa shape index (κ3) is 17.4. The Hall–Kier alpha value is -3.03. The molecule has 8 aromatic rings. The minimum absolute atomic E-state index is 0. The number of nitrogens with one attached hydrogen (secondary N) is 3. The van der Waals surface area contributed by atoms with Crippen molar-refractivity contribution < 1.29 is 235 Å². The first kappa shape index (κ1) is 73.2. The maximum Gasteiger partial charge on any atom is 1.00 e. The van der Waals surface area contributed by atoms with Crippen LogP contribution in [0.25, 0.3) is 21.5 Å². The van der Waals surface area contributed by atoms with Crippen LogP contribution in [0.3, 0.4) is 0 Å². The van der Waals surface area contributed by atoms with Gasteiger partial charge in [-0.15, -0.1) is 10.2 Å². The van der Waals surface area contributed by atoms with Crippen molar-refractivity contribution in [3.05, 3.63) is 132 Å². The summed E-state index contributed by atoms with van der Waals surface area (Å²) < 4.78 is 220. The van der Waals surface area contributed by atoms with Crippen LogP contribution in [0.4, 0.5) is 34.4 Å². The van der Waals surface area contributed by atoms with E-state index < -0.39 is 142 Å². The number of ether oxygens (including phenoxy) is 1. The summed E-state index contributed by atoms with van der Waals surface area (Å²) in [6.45, 7) is 1.70. The van der Waals surface area contributed by atoms with E-state index in [0.717, 1.165) is 55.6 Å². The van der Waals surface area contributed by atoms with E-state index in [-0.39, 0.29) is 181 Å². The summed E-state index contributed by atoms with van der Waals surface area (Å²) >= 11 is 0. The Morgan fingerprint density at radius 2 is 1.18 bits per heavy atom. The van der Waals surface area contributed by atoms with Crippen molar-refractivity contribution in [1.29, 1.82) is 0 Å². The van der Waals surface area contributed by atoms with Crippen LogP contribution in [-0.2, 0) is 60.7 Å². The van der Waals surface area contributed by atoms with Crippen molar-refractivity contribution in [3.63, 3.8) is 0 Å². The van der Waals surface area contributed by atoms with E-state index in [2.05, 4.69) is 40.5 Å². The molecule has 0 aliphatic heterocycles. The molecule has 8 rings (SSSR count). The normalized spacial score (nSPS) is 12.6. The monoisotopic (exact) mass is 1280 g/mol. The molecule has 0 spiro atoms. The van der Waals surface area contributed by atoms with Gasteiger partial charge in [-0.2, -0.15) is 21.8 Å². The van der Waals surface area contributed by atoms with Gasteiger partial charge in [0.25, 0.3) is 10.1 Å². The molecule has 0 unspecified atom stereocenters. The Morgan fingerprint density at radius 1 is 0.573 bits per heavy atom. The summed E-state index contributed by atoms with van der Waals surface area (Å²) in [6.07, 6.45) is 0. The third-order valence-corrected chi connectivity index (χ3v) is 16.1. The summed E-state index contributed by atoms with van der Waals surface area (Å²) in [5, 5.41) is 22.1. The van der Waals surface area contributed by atoms with E-state index in [1.54, 1.807) is 6.92 Å². The van der Waals surface area contributed by atoms with Gasteiger partial charge in [0.15, 0.2) is 5.75 Å². The molecule has 0 fully saturated rings. The fourth-order valence-electron chi connectivity index (χ4n) is 7.16. The molecule has 0 bridgehead atoms. The van der Waals surface area contributed by atoms with Crippen LogP contribution >= 0.6 is 0 Å². The van der Waals surface area contributed by atoms with E-state index in [0.29, 0.717) is 23.8 Å². The van der Waals surface area contributed by atoms with E-state index in [1.165, 1.54) is 48.5 Å². The number of aryl methyl sites for hydroxylation is 1. The molecule has 0 saturated carbocycles. The number of rotatable bonds is 15. The summed E-state index contributed by atoms with van der Waals surface area (Å²) in [7, 11) is -30.4. The Kier molecular flexibility index (Phi) is 25.2. The molecule has 7 aromatic carbocycles. The van der Waals surface area contributed by atoms with E-state index >= 15 is 0 Å². The Morgan fingerprint density at radius 3 is 1.78 bits per heavy atom. The van der Waals surface area contributed by atoms with Gasteiger partial charge in [0.05, 0.1) is 43.8 Å². The molecule has 1 heterocycles. The van der Waals surface area contributed by atoms with Gasteiger partial charge in [0.2, 0.25) is 17.2 Å². The van der Waals surface area contributed by atoms with Gasteiger partial charge in [0.1, 0.15) is 61.7 Å². The molecule has 0 radical (unpaired) electrons. The quantitative estimate of drug-likeness (QED) is 0.0320. The van der Waals surface area contributed by atoms with Crippen LogP contribution in [0, 0.1) is 6.92 Å². The van der Waals surface area contributed by atoms with Crippen molar-refractivity contribution in [2.24, 2.45) is 20.2 Å². The van der Waals surface area contributed by atoms with Gasteiger partial charge in [-0.1, -0.05) is 35.6 Å². The second-order valence-electron chi connectivity index (χ2n) is 15.8. The Bertz CT molecular complexity index is 4710. The van der Waals surface area contributed by atoms with Gasteiger partial charge in [0, 0.05) is 22.5 Å². The summed E-state index contributed by atoms with van der Waals surface area (Å²) in [4.78, 5) is 12.2. The number of azo groups is 1. The van der Waals surface area contributed by atoms with Crippen LogP contribution in [0.15, 0.2) is 165 Å². The zero-order chi connectivity index (χ0) is 56.2. The number of H-pyrrole nitrogens is 2. The van der Waals surface area contributed by atoms with Gasteiger partial charge in [-0.25, -0.2) is 43.7 Å². The van der Waals surface area contributed by atoms with E-state index in [4.69, 9.17) is 8.92 Å². The first-order chi connectivity index (χ1) is 35.8. The average Bonchev–Trinajstić information content (AvgIpc) is 3.32. The molecule has 82 heavy (non-hydrogen) atoms. The number of hydrogen-bond acceptors (Lipinski definition) is 25. The minimum Gasteiger partial charge on any atom is -0.871 e. The number of hydrogen-bond donors (Lipinski definition) is 4. The predicted octanol–water partition coefficient (Wildman–Crippen LogP) is -11.3. The second-order valence-corrected chi connectivity index (χ2v) is 24.2. The second kappa shape index (κ2) is 28.2. The first-order valence-corrected chi connectivity index (χ1v) is 29.2. The fourth-order valence-corrected chi connectivity index (χ4v) is 11.1. The van der Waals surface area contributed by atoms with Crippen molar-refractivity contribution in [1.82, 2.24) is 15.0 Å². The van der Waals surface area contributed by atoms with Crippen molar-refractivity contribution in [2.75, 3.05) is 12.4 Å². The average molecular weight is 1290 g/mol. The molecular weight excluding hydrogens is 1260 g/mol. The number of methoxy groups -OCH3 is 1. The molecule has 4 N–H and O–H groups in total. The van der Waals surface area contributed by atoms with Crippen LogP contribution in [0.5, 0.6) is 17.2 Å². The predicted molar refractivity (Wildman–Crippen MR) is 258 cm³/mol. The van der Waals surface area contributed by atoms with Crippen LogP contribution in [0.2, 0.25) is 0 Å². The molecule has 0 aliphatic rings. The smallest absolute Gasteiger partial charge is 0.871 e. The molecule has 39 heteroatoms. The van der Waals surface area contributed by atoms with Crippen LogP contribution < -0.4 is 178 Å². The Labute approximate surface area is 576 Å².